The Bertz CT molecular complexity index is 963. The highest BCUT2D eigenvalue weighted by atomic mass is 16.5. The topological polar surface area (TPSA) is 103 Å². The number of rotatable bonds is 5. The molecule has 0 bridgehead atoms. The van der Waals surface area contributed by atoms with Crippen molar-refractivity contribution in [2.24, 2.45) is 0 Å². The summed E-state index contributed by atoms with van der Waals surface area (Å²) in [6.07, 6.45) is 2.04. The fourth-order valence-electron chi connectivity index (χ4n) is 2.40. The molecule has 0 radical (unpaired) electrons. The predicted octanol–water partition coefficient (Wildman–Crippen LogP) is 2.63. The Morgan fingerprint density at radius 2 is 1.92 bits per heavy atom. The largest absolute Gasteiger partial charge is 0.369 e. The van der Waals surface area contributed by atoms with Crippen LogP contribution in [-0.4, -0.2) is 31.8 Å². The van der Waals surface area contributed by atoms with Crippen LogP contribution in [0.5, 0.6) is 0 Å². The molecule has 0 aliphatic heterocycles. The van der Waals surface area contributed by atoms with Crippen molar-refractivity contribution in [1.82, 2.24) is 25.3 Å². The molecular formula is C16H14N6O2. The average molecular weight is 322 g/mol. The number of nitrogens with one attached hydrogen (secondary N) is 1. The van der Waals surface area contributed by atoms with Gasteiger partial charge in [0.25, 0.3) is 11.6 Å². The Hall–Kier alpha value is -3.29. The molecule has 4 rings (SSSR count). The van der Waals surface area contributed by atoms with Gasteiger partial charge in [-0.1, -0.05) is 28.5 Å². The van der Waals surface area contributed by atoms with Crippen molar-refractivity contribution < 1.29 is 9.05 Å². The molecule has 0 aliphatic rings. The van der Waals surface area contributed by atoms with Crippen molar-refractivity contribution in [3.8, 4) is 11.5 Å². The first-order chi connectivity index (χ1) is 11.8. The van der Waals surface area contributed by atoms with Gasteiger partial charge in [0.1, 0.15) is 17.5 Å². The normalized spacial score (nSPS) is 11.0. The van der Waals surface area contributed by atoms with Crippen molar-refractivity contribution >= 4 is 16.9 Å². The second-order valence-corrected chi connectivity index (χ2v) is 5.23. The van der Waals surface area contributed by atoms with Gasteiger partial charge < -0.3 is 14.4 Å². The number of anilines is 1. The lowest BCUT2D eigenvalue weighted by Crippen LogP contribution is -2.08. The molecule has 1 aromatic carbocycles. The van der Waals surface area contributed by atoms with Gasteiger partial charge in [-0.3, -0.25) is 0 Å². The Morgan fingerprint density at radius 1 is 1.04 bits per heavy atom. The first kappa shape index (κ1) is 14.3. The molecule has 24 heavy (non-hydrogen) atoms. The van der Waals surface area contributed by atoms with Gasteiger partial charge in [-0.25, -0.2) is 4.98 Å². The maximum atomic E-state index is 5.29. The van der Waals surface area contributed by atoms with Gasteiger partial charge in [0.15, 0.2) is 5.82 Å². The summed E-state index contributed by atoms with van der Waals surface area (Å²) in [7, 11) is 0. The van der Waals surface area contributed by atoms with Gasteiger partial charge in [0, 0.05) is 18.5 Å². The molecule has 3 aromatic heterocycles. The molecule has 8 heteroatoms. The molecular weight excluding hydrogens is 308 g/mol. The van der Waals surface area contributed by atoms with Crippen molar-refractivity contribution in [3.05, 3.63) is 48.2 Å². The summed E-state index contributed by atoms with van der Waals surface area (Å²) in [6, 6.07) is 9.67. The number of hydrogen-bond donors (Lipinski definition) is 1. The van der Waals surface area contributed by atoms with Crippen LogP contribution in [0.4, 0.5) is 5.82 Å². The second kappa shape index (κ2) is 6.07. The molecule has 0 saturated carbocycles. The average Bonchev–Trinajstić information content (AvgIpc) is 3.24. The molecule has 0 atom stereocenters. The zero-order chi connectivity index (χ0) is 16.4. The van der Waals surface area contributed by atoms with E-state index in [-0.39, 0.29) is 0 Å². The number of hydrogen-bond acceptors (Lipinski definition) is 8. The molecule has 4 aromatic rings. The minimum atomic E-state index is 0.468. The van der Waals surface area contributed by atoms with Crippen LogP contribution in [0.2, 0.25) is 0 Å². The molecule has 0 spiro atoms. The lowest BCUT2D eigenvalue weighted by Gasteiger charge is -2.03. The van der Waals surface area contributed by atoms with Crippen molar-refractivity contribution in [2.75, 3.05) is 11.9 Å². The van der Waals surface area contributed by atoms with Crippen LogP contribution in [0.25, 0.3) is 22.6 Å². The fraction of sp³-hybridized carbons (Fsp3) is 0.188. The van der Waals surface area contributed by atoms with Gasteiger partial charge in [-0.2, -0.15) is 9.97 Å². The summed E-state index contributed by atoms with van der Waals surface area (Å²) >= 11 is 0. The van der Waals surface area contributed by atoms with Crippen LogP contribution in [-0.2, 0) is 6.42 Å². The quantitative estimate of drug-likeness (QED) is 0.598. The minimum Gasteiger partial charge on any atom is -0.369 e. The molecule has 0 unspecified atom stereocenters. The standard InChI is InChI=1S/C16H14N6O2/c1-10-13-14(18-9-19-16(13)24-21-10)17-8-7-12-20-15(23-22-12)11-5-3-2-4-6-11/h2-6,9H,7-8H2,1H3,(H,17,18,19). The first-order valence-electron chi connectivity index (χ1n) is 7.50. The van der Waals surface area contributed by atoms with Gasteiger partial charge in [0.2, 0.25) is 0 Å². The second-order valence-electron chi connectivity index (χ2n) is 5.23. The molecule has 0 amide bonds. The SMILES string of the molecule is Cc1noc2ncnc(NCCc3noc(-c4ccccc4)n3)c12. The van der Waals surface area contributed by atoms with Crippen LogP contribution in [0, 0.1) is 6.92 Å². The first-order valence-corrected chi connectivity index (χ1v) is 7.50. The number of nitrogens with zero attached hydrogens (tertiary/aromatic N) is 5. The summed E-state index contributed by atoms with van der Waals surface area (Å²) < 4.78 is 10.4. The van der Waals surface area contributed by atoms with E-state index in [1.54, 1.807) is 0 Å². The van der Waals surface area contributed by atoms with Crippen molar-refractivity contribution in [1.29, 1.82) is 0 Å². The third kappa shape index (κ3) is 2.69. The zero-order valence-electron chi connectivity index (χ0n) is 12.9. The van der Waals surface area contributed by atoms with Crippen LogP contribution in [0.15, 0.2) is 45.7 Å². The molecule has 0 fully saturated rings. The molecule has 0 saturated heterocycles. The van der Waals surface area contributed by atoms with Crippen LogP contribution >= 0.6 is 0 Å². The van der Waals surface area contributed by atoms with Gasteiger partial charge in [-0.05, 0) is 19.1 Å². The zero-order valence-corrected chi connectivity index (χ0v) is 12.9. The van der Waals surface area contributed by atoms with E-state index in [9.17, 15) is 0 Å². The van der Waals surface area contributed by atoms with Gasteiger partial charge >= 0.3 is 0 Å². The minimum absolute atomic E-state index is 0.468. The van der Waals surface area contributed by atoms with E-state index in [2.05, 4.69) is 30.6 Å². The molecule has 8 nitrogen and oxygen atoms in total. The molecule has 0 aliphatic carbocycles. The molecule has 3 heterocycles. The monoisotopic (exact) mass is 322 g/mol. The highest BCUT2D eigenvalue weighted by Crippen LogP contribution is 2.22. The van der Waals surface area contributed by atoms with E-state index in [1.165, 1.54) is 6.33 Å². The fourth-order valence-corrected chi connectivity index (χ4v) is 2.40. The van der Waals surface area contributed by atoms with E-state index >= 15 is 0 Å². The number of benzene rings is 1. The summed E-state index contributed by atoms with van der Waals surface area (Å²) in [5.41, 5.74) is 2.12. The van der Waals surface area contributed by atoms with E-state index in [0.29, 0.717) is 36.2 Å². The smallest absolute Gasteiger partial charge is 0.263 e. The number of fused-ring (bicyclic) bond motifs is 1. The Labute approximate surface area is 136 Å². The third-order valence-electron chi connectivity index (χ3n) is 3.57. The highest BCUT2D eigenvalue weighted by molar-refractivity contribution is 5.87. The summed E-state index contributed by atoms with van der Waals surface area (Å²) in [6.45, 7) is 2.45. The van der Waals surface area contributed by atoms with E-state index < -0.39 is 0 Å². The molecule has 1 N–H and O–H groups in total. The lowest BCUT2D eigenvalue weighted by atomic mass is 10.2. The Morgan fingerprint density at radius 3 is 2.79 bits per heavy atom. The van der Waals surface area contributed by atoms with E-state index in [0.717, 1.165) is 16.6 Å². The summed E-state index contributed by atoms with van der Waals surface area (Å²) in [4.78, 5) is 12.7. The maximum Gasteiger partial charge on any atom is 0.263 e. The predicted molar refractivity (Wildman–Crippen MR) is 86.3 cm³/mol. The maximum absolute atomic E-state index is 5.29. The van der Waals surface area contributed by atoms with Crippen molar-refractivity contribution in [3.63, 3.8) is 0 Å². The van der Waals surface area contributed by atoms with Gasteiger partial charge in [-0.15, -0.1) is 0 Å². The highest BCUT2D eigenvalue weighted by Gasteiger charge is 2.12. The molecule has 120 valence electrons. The number of aryl methyl sites for hydroxylation is 1. The van der Waals surface area contributed by atoms with Gasteiger partial charge in [0.05, 0.1) is 5.69 Å². The lowest BCUT2D eigenvalue weighted by molar-refractivity contribution is 0.423. The Kier molecular flexibility index (Phi) is 3.62. The van der Waals surface area contributed by atoms with Crippen LogP contribution in [0.3, 0.4) is 0 Å². The van der Waals surface area contributed by atoms with E-state index in [1.807, 2.05) is 37.3 Å². The van der Waals surface area contributed by atoms with Crippen molar-refractivity contribution in [2.45, 2.75) is 13.3 Å². The summed E-state index contributed by atoms with van der Waals surface area (Å²) in [5.74, 6) is 1.84. The summed E-state index contributed by atoms with van der Waals surface area (Å²) in [5, 5.41) is 11.9. The third-order valence-corrected chi connectivity index (χ3v) is 3.57. The van der Waals surface area contributed by atoms with E-state index in [4.69, 9.17) is 9.05 Å². The Balaban J connectivity index is 1.44. The van der Waals surface area contributed by atoms with Crippen LogP contribution < -0.4 is 5.32 Å². The number of aromatic nitrogens is 5. The van der Waals surface area contributed by atoms with Crippen LogP contribution in [0.1, 0.15) is 11.5 Å².